The quantitative estimate of drug-likeness (QED) is 0.760. The van der Waals surface area contributed by atoms with Crippen LogP contribution in [0, 0.1) is 0 Å². The predicted octanol–water partition coefficient (Wildman–Crippen LogP) is 0.792. The van der Waals surface area contributed by atoms with Gasteiger partial charge in [0.05, 0.1) is 26.0 Å². The summed E-state index contributed by atoms with van der Waals surface area (Å²) in [5, 5.41) is 0.216. The number of nitrogens with zero attached hydrogens (tertiary/aromatic N) is 2. The van der Waals surface area contributed by atoms with Crippen molar-refractivity contribution < 1.29 is 19.1 Å². The highest BCUT2D eigenvalue weighted by atomic mass is 32.1. The first kappa shape index (κ1) is 13.0. The summed E-state index contributed by atoms with van der Waals surface area (Å²) < 4.78 is 10.0. The zero-order valence-electron chi connectivity index (χ0n) is 10.0. The second kappa shape index (κ2) is 5.92. The Labute approximate surface area is 109 Å². The van der Waals surface area contributed by atoms with Crippen LogP contribution in [0.1, 0.15) is 26.4 Å². The molecule has 0 saturated carbocycles. The van der Waals surface area contributed by atoms with E-state index in [4.69, 9.17) is 9.47 Å². The monoisotopic (exact) mass is 270 g/mol. The molecular formula is C11H14N2O4S. The van der Waals surface area contributed by atoms with E-state index in [1.807, 2.05) is 0 Å². The Morgan fingerprint density at radius 1 is 1.50 bits per heavy atom. The molecule has 98 valence electrons. The van der Waals surface area contributed by atoms with Gasteiger partial charge in [-0.2, -0.15) is 0 Å². The maximum atomic E-state index is 12.1. The van der Waals surface area contributed by atoms with Gasteiger partial charge in [0.25, 0.3) is 5.91 Å². The first-order chi connectivity index (χ1) is 8.72. The number of morpholine rings is 1. The van der Waals surface area contributed by atoms with Gasteiger partial charge in [0.15, 0.2) is 0 Å². The lowest BCUT2D eigenvalue weighted by molar-refractivity contribution is 0.0306. The Bertz CT molecular complexity index is 440. The molecule has 1 aromatic heterocycles. The van der Waals surface area contributed by atoms with Crippen LogP contribution in [0.15, 0.2) is 6.20 Å². The number of hydrogen-bond donors (Lipinski definition) is 0. The number of amides is 1. The van der Waals surface area contributed by atoms with E-state index in [1.54, 1.807) is 11.8 Å². The molecule has 0 unspecified atom stereocenters. The smallest absolute Gasteiger partial charge is 0.367 e. The molecule has 0 aromatic carbocycles. The molecule has 7 heteroatoms. The summed E-state index contributed by atoms with van der Waals surface area (Å²) in [6, 6.07) is 0. The third kappa shape index (κ3) is 2.85. The molecule has 0 spiro atoms. The first-order valence-corrected chi connectivity index (χ1v) is 6.54. The molecule has 1 saturated heterocycles. The van der Waals surface area contributed by atoms with Crippen molar-refractivity contribution >= 4 is 23.2 Å². The predicted molar refractivity (Wildman–Crippen MR) is 64.8 cm³/mol. The molecule has 2 heterocycles. The fourth-order valence-corrected chi connectivity index (χ4v) is 2.36. The van der Waals surface area contributed by atoms with Gasteiger partial charge in [-0.25, -0.2) is 9.78 Å². The van der Waals surface area contributed by atoms with Crippen LogP contribution in [-0.2, 0) is 9.47 Å². The van der Waals surface area contributed by atoms with E-state index in [-0.39, 0.29) is 10.9 Å². The Morgan fingerprint density at radius 2 is 2.22 bits per heavy atom. The fraction of sp³-hybridized carbons (Fsp3) is 0.545. The van der Waals surface area contributed by atoms with Crippen molar-refractivity contribution in [2.24, 2.45) is 0 Å². The highest BCUT2D eigenvalue weighted by Crippen LogP contribution is 2.17. The molecule has 0 radical (unpaired) electrons. The van der Waals surface area contributed by atoms with E-state index in [9.17, 15) is 9.59 Å². The molecule has 1 aliphatic rings. The van der Waals surface area contributed by atoms with Crippen LogP contribution in [0.25, 0.3) is 0 Å². The molecule has 1 aliphatic heterocycles. The summed E-state index contributed by atoms with van der Waals surface area (Å²) in [5.41, 5.74) is 0. The van der Waals surface area contributed by atoms with Crippen LogP contribution < -0.4 is 0 Å². The minimum atomic E-state index is -0.483. The third-order valence-corrected chi connectivity index (χ3v) is 3.43. The van der Waals surface area contributed by atoms with E-state index in [0.717, 1.165) is 11.3 Å². The molecule has 0 bridgehead atoms. The van der Waals surface area contributed by atoms with Crippen molar-refractivity contribution in [1.82, 2.24) is 9.88 Å². The van der Waals surface area contributed by atoms with Crippen LogP contribution in [0.2, 0.25) is 0 Å². The Balaban J connectivity index is 2.04. The van der Waals surface area contributed by atoms with Crippen molar-refractivity contribution in [3.63, 3.8) is 0 Å². The molecular weight excluding hydrogens is 256 g/mol. The average Bonchev–Trinajstić information content (AvgIpc) is 2.89. The van der Waals surface area contributed by atoms with Gasteiger partial charge in [-0.1, -0.05) is 0 Å². The maximum absolute atomic E-state index is 12.1. The molecule has 6 nitrogen and oxygen atoms in total. The number of ether oxygens (including phenoxy) is 2. The molecule has 2 rings (SSSR count). The lowest BCUT2D eigenvalue weighted by Gasteiger charge is -2.26. The van der Waals surface area contributed by atoms with Gasteiger partial charge in [-0.05, 0) is 6.92 Å². The van der Waals surface area contributed by atoms with Crippen LogP contribution >= 0.6 is 11.3 Å². The Hall–Kier alpha value is -1.47. The van der Waals surface area contributed by atoms with Crippen molar-refractivity contribution in [3.8, 4) is 0 Å². The number of rotatable bonds is 3. The first-order valence-electron chi connectivity index (χ1n) is 5.72. The largest absolute Gasteiger partial charge is 0.461 e. The second-order valence-electron chi connectivity index (χ2n) is 3.65. The Kier molecular flexibility index (Phi) is 4.27. The number of esters is 1. The summed E-state index contributed by atoms with van der Waals surface area (Å²) in [6.45, 7) is 4.28. The van der Waals surface area contributed by atoms with Crippen molar-refractivity contribution in [1.29, 1.82) is 0 Å². The van der Waals surface area contributed by atoms with Crippen molar-refractivity contribution in [3.05, 3.63) is 16.1 Å². The second-order valence-corrected chi connectivity index (χ2v) is 4.69. The summed E-state index contributed by atoms with van der Waals surface area (Å²) in [7, 11) is 0. The fourth-order valence-electron chi connectivity index (χ4n) is 1.58. The summed E-state index contributed by atoms with van der Waals surface area (Å²) in [5.74, 6) is -0.588. The van der Waals surface area contributed by atoms with E-state index in [0.29, 0.717) is 37.8 Å². The van der Waals surface area contributed by atoms with Crippen LogP contribution in [0.3, 0.4) is 0 Å². The summed E-state index contributed by atoms with van der Waals surface area (Å²) >= 11 is 1.07. The van der Waals surface area contributed by atoms with Gasteiger partial charge < -0.3 is 14.4 Å². The minimum absolute atomic E-state index is 0.105. The van der Waals surface area contributed by atoms with Gasteiger partial charge in [0.1, 0.15) is 4.88 Å². The van der Waals surface area contributed by atoms with E-state index >= 15 is 0 Å². The SMILES string of the molecule is CCOC(=O)c1ncc(C(=O)N2CCOCC2)s1. The number of thiazole rings is 1. The minimum Gasteiger partial charge on any atom is -0.461 e. The third-order valence-electron chi connectivity index (χ3n) is 2.46. The number of carbonyl (C=O) groups excluding carboxylic acids is 2. The standard InChI is InChI=1S/C11H14N2O4S/c1-2-17-11(15)9-12-7-8(18-9)10(14)13-3-5-16-6-4-13/h7H,2-6H2,1H3. The van der Waals surface area contributed by atoms with Crippen LogP contribution in [0.4, 0.5) is 0 Å². The molecule has 0 aliphatic carbocycles. The van der Waals surface area contributed by atoms with Gasteiger partial charge in [-0.15, -0.1) is 11.3 Å². The lowest BCUT2D eigenvalue weighted by atomic mass is 10.4. The topological polar surface area (TPSA) is 68.7 Å². The Morgan fingerprint density at radius 3 is 2.89 bits per heavy atom. The average molecular weight is 270 g/mol. The van der Waals surface area contributed by atoms with E-state index in [1.165, 1.54) is 6.20 Å². The van der Waals surface area contributed by atoms with E-state index in [2.05, 4.69) is 4.98 Å². The van der Waals surface area contributed by atoms with Crippen molar-refractivity contribution in [2.75, 3.05) is 32.9 Å². The lowest BCUT2D eigenvalue weighted by Crippen LogP contribution is -2.40. The van der Waals surface area contributed by atoms with Crippen LogP contribution in [-0.4, -0.2) is 54.7 Å². The van der Waals surface area contributed by atoms with Gasteiger partial charge in [0.2, 0.25) is 5.01 Å². The summed E-state index contributed by atoms with van der Waals surface area (Å²) in [4.78, 5) is 29.6. The van der Waals surface area contributed by atoms with E-state index < -0.39 is 5.97 Å². The normalized spacial score (nSPS) is 15.5. The molecule has 1 amide bonds. The van der Waals surface area contributed by atoms with Crippen molar-refractivity contribution in [2.45, 2.75) is 6.92 Å². The zero-order chi connectivity index (χ0) is 13.0. The molecule has 0 atom stereocenters. The maximum Gasteiger partial charge on any atom is 0.367 e. The summed E-state index contributed by atoms with van der Waals surface area (Å²) in [6.07, 6.45) is 1.43. The zero-order valence-corrected chi connectivity index (χ0v) is 10.9. The van der Waals surface area contributed by atoms with Gasteiger partial charge >= 0.3 is 5.97 Å². The number of aromatic nitrogens is 1. The number of carbonyl (C=O) groups is 2. The molecule has 0 N–H and O–H groups in total. The number of hydrogen-bond acceptors (Lipinski definition) is 6. The van der Waals surface area contributed by atoms with Crippen LogP contribution in [0.5, 0.6) is 0 Å². The molecule has 1 aromatic rings. The highest BCUT2D eigenvalue weighted by molar-refractivity contribution is 7.15. The van der Waals surface area contributed by atoms with Gasteiger partial charge in [0, 0.05) is 13.1 Å². The molecule has 18 heavy (non-hydrogen) atoms. The highest BCUT2D eigenvalue weighted by Gasteiger charge is 2.22. The molecule has 1 fully saturated rings. The van der Waals surface area contributed by atoms with Gasteiger partial charge in [-0.3, -0.25) is 4.79 Å².